The van der Waals surface area contributed by atoms with E-state index in [1.165, 1.54) is 73.2 Å². The zero-order chi connectivity index (χ0) is 31.6. The maximum Gasteiger partial charge on any atom is 0.137 e. The summed E-state index contributed by atoms with van der Waals surface area (Å²) in [4.78, 5) is 5.16. The number of furan rings is 1. The summed E-state index contributed by atoms with van der Waals surface area (Å²) < 4.78 is 9.10. The molecule has 0 aliphatic heterocycles. The van der Waals surface area contributed by atoms with Crippen molar-refractivity contribution in [3.8, 4) is 16.8 Å². The standard InChI is InChI=1S/C45H34N2O/c1-3-12-29(13-4-1)31-22-25-42-38(26-31)34-17-8-10-20-41(34)47(42)32-23-24-36-44(27-32)48-43-21-11-18-35(45(36)43)37-28-40(30-14-5-2-6-15-30)46-39-19-9-7-16-33(37)39/h1,3-4,7-14,16-17,19-28,35H,2,5-6,15,18H2. The first-order valence-electron chi connectivity index (χ1n) is 17.2. The number of para-hydroxylation sites is 2. The topological polar surface area (TPSA) is 31.0 Å². The van der Waals surface area contributed by atoms with Gasteiger partial charge >= 0.3 is 0 Å². The normalized spacial score (nSPS) is 16.2. The lowest BCUT2D eigenvalue weighted by Gasteiger charge is -2.22. The van der Waals surface area contributed by atoms with Crippen LogP contribution in [0.5, 0.6) is 0 Å². The van der Waals surface area contributed by atoms with Gasteiger partial charge in [-0.3, -0.25) is 0 Å². The van der Waals surface area contributed by atoms with Gasteiger partial charge in [0.25, 0.3) is 0 Å². The first kappa shape index (κ1) is 27.4. The predicted octanol–water partition coefficient (Wildman–Crippen LogP) is 12.3. The molecular weight excluding hydrogens is 585 g/mol. The molecule has 5 aromatic carbocycles. The summed E-state index contributed by atoms with van der Waals surface area (Å²) in [6, 6.07) is 44.0. The summed E-state index contributed by atoms with van der Waals surface area (Å²) in [6.45, 7) is 0. The quantitative estimate of drug-likeness (QED) is 0.196. The fourth-order valence-electron chi connectivity index (χ4n) is 8.25. The Morgan fingerprint density at radius 3 is 2.40 bits per heavy atom. The van der Waals surface area contributed by atoms with Crippen molar-refractivity contribution >= 4 is 55.3 Å². The van der Waals surface area contributed by atoms with Crippen LogP contribution < -0.4 is 0 Å². The van der Waals surface area contributed by atoms with E-state index < -0.39 is 0 Å². The van der Waals surface area contributed by atoms with E-state index in [1.807, 2.05) is 0 Å². The highest BCUT2D eigenvalue weighted by molar-refractivity contribution is 6.10. The summed E-state index contributed by atoms with van der Waals surface area (Å²) in [5.74, 6) is 1.16. The van der Waals surface area contributed by atoms with Crippen LogP contribution in [-0.4, -0.2) is 9.55 Å². The van der Waals surface area contributed by atoms with Crippen LogP contribution in [0.2, 0.25) is 0 Å². The number of aromatic nitrogens is 2. The van der Waals surface area contributed by atoms with Crippen LogP contribution in [0.15, 0.2) is 138 Å². The molecule has 0 fully saturated rings. The molecule has 0 saturated heterocycles. The first-order chi connectivity index (χ1) is 23.8. The molecule has 10 rings (SSSR count). The van der Waals surface area contributed by atoms with Gasteiger partial charge < -0.3 is 8.98 Å². The van der Waals surface area contributed by atoms with Crippen molar-refractivity contribution in [3.63, 3.8) is 0 Å². The summed E-state index contributed by atoms with van der Waals surface area (Å²) in [5.41, 5.74) is 13.1. The molecule has 3 heterocycles. The second-order valence-electron chi connectivity index (χ2n) is 13.3. The molecule has 2 aliphatic carbocycles. The number of nitrogens with zero attached hydrogens (tertiary/aromatic N) is 2. The third kappa shape index (κ3) is 4.31. The number of hydrogen-bond acceptors (Lipinski definition) is 2. The highest BCUT2D eigenvalue weighted by atomic mass is 16.3. The molecule has 0 spiro atoms. The molecular formula is C45H34N2O. The minimum Gasteiger partial charge on any atom is -0.456 e. The molecule has 230 valence electrons. The third-order valence-electron chi connectivity index (χ3n) is 10.5. The molecule has 1 unspecified atom stereocenters. The lowest BCUT2D eigenvalue weighted by Crippen LogP contribution is -2.07. The van der Waals surface area contributed by atoms with E-state index in [-0.39, 0.29) is 5.92 Å². The Morgan fingerprint density at radius 2 is 1.50 bits per heavy atom. The van der Waals surface area contributed by atoms with Crippen LogP contribution in [0.4, 0.5) is 0 Å². The highest BCUT2D eigenvalue weighted by Crippen LogP contribution is 2.45. The molecule has 3 nitrogen and oxygen atoms in total. The molecule has 0 bridgehead atoms. The van der Waals surface area contributed by atoms with Crippen LogP contribution in [0.25, 0.3) is 72.1 Å². The molecule has 8 aromatic rings. The Morgan fingerprint density at radius 1 is 0.667 bits per heavy atom. The van der Waals surface area contributed by atoms with Gasteiger partial charge in [-0.1, -0.05) is 84.9 Å². The zero-order valence-corrected chi connectivity index (χ0v) is 26.7. The van der Waals surface area contributed by atoms with Crippen molar-refractivity contribution in [2.24, 2.45) is 0 Å². The molecule has 0 saturated carbocycles. The molecule has 0 N–H and O–H groups in total. The Hall–Kier alpha value is -5.67. The van der Waals surface area contributed by atoms with Crippen LogP contribution in [-0.2, 0) is 0 Å². The van der Waals surface area contributed by atoms with Gasteiger partial charge in [-0.15, -0.1) is 0 Å². The van der Waals surface area contributed by atoms with Crippen molar-refractivity contribution in [1.29, 1.82) is 0 Å². The van der Waals surface area contributed by atoms with Gasteiger partial charge in [-0.2, -0.15) is 0 Å². The summed E-state index contributed by atoms with van der Waals surface area (Å²) in [6.07, 6.45) is 12.6. The molecule has 2 aliphatic rings. The summed E-state index contributed by atoms with van der Waals surface area (Å²) in [7, 11) is 0. The Bertz CT molecular complexity index is 2600. The van der Waals surface area contributed by atoms with Crippen molar-refractivity contribution in [3.05, 3.63) is 156 Å². The number of fused-ring (bicyclic) bond motifs is 7. The minimum atomic E-state index is 0.192. The molecule has 0 radical (unpaired) electrons. The van der Waals surface area contributed by atoms with Gasteiger partial charge in [-0.25, -0.2) is 4.98 Å². The van der Waals surface area contributed by atoms with Crippen molar-refractivity contribution in [1.82, 2.24) is 9.55 Å². The van der Waals surface area contributed by atoms with Crippen molar-refractivity contribution in [2.75, 3.05) is 0 Å². The number of rotatable bonds is 4. The molecule has 3 heteroatoms. The second kappa shape index (κ2) is 11.0. The van der Waals surface area contributed by atoms with Gasteiger partial charge in [0.15, 0.2) is 0 Å². The van der Waals surface area contributed by atoms with Gasteiger partial charge in [0.05, 0.1) is 22.2 Å². The van der Waals surface area contributed by atoms with E-state index in [0.29, 0.717) is 0 Å². The van der Waals surface area contributed by atoms with Crippen molar-refractivity contribution in [2.45, 2.75) is 38.0 Å². The maximum absolute atomic E-state index is 6.71. The largest absolute Gasteiger partial charge is 0.456 e. The summed E-state index contributed by atoms with van der Waals surface area (Å²) in [5, 5.41) is 4.92. The van der Waals surface area contributed by atoms with Crippen LogP contribution >= 0.6 is 0 Å². The van der Waals surface area contributed by atoms with E-state index in [1.54, 1.807) is 0 Å². The van der Waals surface area contributed by atoms with Crippen LogP contribution in [0, 0.1) is 0 Å². The lowest BCUT2D eigenvalue weighted by atomic mass is 9.81. The average molecular weight is 619 g/mol. The third-order valence-corrected chi connectivity index (χ3v) is 10.5. The smallest absolute Gasteiger partial charge is 0.137 e. The Kier molecular flexibility index (Phi) is 6.26. The highest BCUT2D eigenvalue weighted by Gasteiger charge is 2.28. The van der Waals surface area contributed by atoms with Crippen molar-refractivity contribution < 1.29 is 4.42 Å². The van der Waals surface area contributed by atoms with Gasteiger partial charge in [0.2, 0.25) is 0 Å². The van der Waals surface area contributed by atoms with Crippen LogP contribution in [0.3, 0.4) is 0 Å². The molecule has 48 heavy (non-hydrogen) atoms. The maximum atomic E-state index is 6.71. The second-order valence-corrected chi connectivity index (χ2v) is 13.3. The van der Waals surface area contributed by atoms with E-state index in [2.05, 4.69) is 144 Å². The molecule has 3 aromatic heterocycles. The first-order valence-corrected chi connectivity index (χ1v) is 17.2. The molecule has 0 amide bonds. The van der Waals surface area contributed by atoms with E-state index in [9.17, 15) is 0 Å². The van der Waals surface area contributed by atoms with Gasteiger partial charge in [0.1, 0.15) is 11.3 Å². The number of pyridine rings is 1. The number of allylic oxidation sites excluding steroid dienone is 3. The Balaban J connectivity index is 1.13. The van der Waals surface area contributed by atoms with E-state index in [0.717, 1.165) is 47.5 Å². The zero-order valence-electron chi connectivity index (χ0n) is 26.7. The monoisotopic (exact) mass is 618 g/mol. The van der Waals surface area contributed by atoms with Gasteiger partial charge in [0, 0.05) is 44.8 Å². The van der Waals surface area contributed by atoms with E-state index >= 15 is 0 Å². The minimum absolute atomic E-state index is 0.192. The fraction of sp³-hybridized carbons (Fsp3) is 0.133. The fourth-order valence-corrected chi connectivity index (χ4v) is 8.25. The number of hydrogen-bond donors (Lipinski definition) is 0. The summed E-state index contributed by atoms with van der Waals surface area (Å²) >= 11 is 0. The van der Waals surface area contributed by atoms with Gasteiger partial charge in [-0.05, 0) is 103 Å². The van der Waals surface area contributed by atoms with Crippen LogP contribution in [0.1, 0.15) is 60.6 Å². The average Bonchev–Trinajstić information content (AvgIpc) is 3.70. The van der Waals surface area contributed by atoms with E-state index in [4.69, 9.17) is 9.40 Å². The number of benzene rings is 5. The predicted molar refractivity (Wildman–Crippen MR) is 200 cm³/mol. The molecule has 1 atom stereocenters. The lowest BCUT2D eigenvalue weighted by molar-refractivity contribution is 0.590. The Labute approximate surface area is 279 Å². The SMILES string of the molecule is C1=Cc2oc3cc(-n4c5ccccc5c5cc(-c6ccccc6)ccc54)ccc3c2C(c2cc(C3=CCCCC3)nc3ccccc23)C1.